The summed E-state index contributed by atoms with van der Waals surface area (Å²) in [5.74, 6) is 0.470. The number of hydrogen-bond donors (Lipinski definition) is 1. The number of likely N-dealkylation sites (tertiary alicyclic amines) is 2. The molecule has 2 saturated heterocycles. The minimum atomic E-state index is -1.23. The molecule has 6 nitrogen and oxygen atoms in total. The molecule has 2 aliphatic heterocycles. The number of fused-ring (bicyclic) bond motifs is 1. The average Bonchev–Trinajstić information content (AvgIpc) is 3.19. The zero-order valence-corrected chi connectivity index (χ0v) is 21.1. The average molecular weight is 496 g/mol. The number of aryl methyl sites for hydroxylation is 1. The van der Waals surface area contributed by atoms with Gasteiger partial charge in [0, 0.05) is 47.7 Å². The monoisotopic (exact) mass is 495 g/mol. The molecule has 2 aliphatic rings. The number of aromatic nitrogens is 1. The number of rotatable bonds is 6. The second-order valence-corrected chi connectivity index (χ2v) is 10.2. The van der Waals surface area contributed by atoms with Gasteiger partial charge < -0.3 is 24.2 Å². The van der Waals surface area contributed by atoms with E-state index < -0.39 is 6.10 Å². The van der Waals surface area contributed by atoms with Gasteiger partial charge in [-0.2, -0.15) is 0 Å². The van der Waals surface area contributed by atoms with Crippen molar-refractivity contribution >= 4 is 28.4 Å². The molecule has 3 aromatic rings. The summed E-state index contributed by atoms with van der Waals surface area (Å²) in [6.07, 6.45) is 4.60. The maximum absolute atomic E-state index is 13.5. The number of amides is 1. The number of hydrogen-bond acceptors (Lipinski definition) is 4. The Balaban J connectivity index is 1.34. The smallest absolute Gasteiger partial charge is 0.256 e. The Morgan fingerprint density at radius 2 is 1.71 bits per heavy atom. The maximum Gasteiger partial charge on any atom is 0.256 e. The Morgan fingerprint density at radius 1 is 1.03 bits per heavy atom. The predicted octanol–water partition coefficient (Wildman–Crippen LogP) is 4.92. The van der Waals surface area contributed by atoms with Crippen LogP contribution in [-0.4, -0.2) is 57.6 Å². The molecule has 0 spiro atoms. The zero-order chi connectivity index (χ0) is 24.4. The molecule has 0 saturated carbocycles. The van der Waals surface area contributed by atoms with E-state index in [1.54, 1.807) is 12.1 Å². The molecule has 0 bridgehead atoms. The van der Waals surface area contributed by atoms with Crippen LogP contribution >= 0.6 is 11.6 Å². The summed E-state index contributed by atoms with van der Waals surface area (Å²) in [6.45, 7) is 3.98. The van der Waals surface area contributed by atoms with Gasteiger partial charge in [-0.25, -0.2) is 0 Å². The van der Waals surface area contributed by atoms with E-state index in [4.69, 9.17) is 16.3 Å². The molecule has 1 unspecified atom stereocenters. The van der Waals surface area contributed by atoms with Crippen LogP contribution in [0.15, 0.2) is 48.5 Å². The van der Waals surface area contributed by atoms with E-state index in [2.05, 4.69) is 4.90 Å². The second-order valence-electron chi connectivity index (χ2n) is 9.73. The third-order valence-corrected chi connectivity index (χ3v) is 7.90. The first-order chi connectivity index (χ1) is 17.0. The molecule has 0 aliphatic carbocycles. The van der Waals surface area contributed by atoms with Crippen LogP contribution in [0.25, 0.3) is 10.9 Å². The Morgan fingerprint density at radius 3 is 2.43 bits per heavy atom. The minimum absolute atomic E-state index is 0.216. The molecule has 1 aromatic heterocycles. The van der Waals surface area contributed by atoms with E-state index in [0.717, 1.165) is 29.4 Å². The van der Waals surface area contributed by atoms with E-state index in [1.165, 1.54) is 32.4 Å². The third-order valence-electron chi connectivity index (χ3n) is 7.65. The van der Waals surface area contributed by atoms with Crippen molar-refractivity contribution in [3.8, 4) is 5.75 Å². The van der Waals surface area contributed by atoms with Crippen molar-refractivity contribution in [1.82, 2.24) is 14.4 Å². The molecule has 35 heavy (non-hydrogen) atoms. The fraction of sp³-hybridized carbons (Fsp3) is 0.464. The molecule has 0 radical (unpaired) electrons. The molecular formula is C28H34ClN3O3. The van der Waals surface area contributed by atoms with Gasteiger partial charge in [0.15, 0.2) is 6.10 Å². The van der Waals surface area contributed by atoms with E-state index in [0.29, 0.717) is 35.5 Å². The molecule has 7 heteroatoms. The van der Waals surface area contributed by atoms with Crippen LogP contribution in [0, 0.1) is 0 Å². The summed E-state index contributed by atoms with van der Waals surface area (Å²) in [5, 5.41) is 12.9. The predicted molar refractivity (Wildman–Crippen MR) is 139 cm³/mol. The van der Waals surface area contributed by atoms with Gasteiger partial charge in [-0.1, -0.05) is 36.2 Å². The number of nitrogens with zero attached hydrogens (tertiary/aromatic N) is 3. The van der Waals surface area contributed by atoms with Crippen molar-refractivity contribution < 1.29 is 14.6 Å². The van der Waals surface area contributed by atoms with Crippen LogP contribution in [-0.2, 0) is 18.4 Å². The number of aliphatic hydroxyl groups excluding tert-OH is 1. The van der Waals surface area contributed by atoms with Gasteiger partial charge >= 0.3 is 0 Å². The molecule has 1 amide bonds. The molecule has 1 N–H and O–H groups in total. The molecule has 2 aromatic carbocycles. The SMILES string of the molecule is Cn1c(COc2ccc(Cl)cc2)c(C(O)C(=O)N2CCC(N3CCCCC3)CC2)c2ccccc21. The van der Waals surface area contributed by atoms with Crippen molar-refractivity contribution in [3.05, 3.63) is 64.8 Å². The van der Waals surface area contributed by atoms with Crippen molar-refractivity contribution in [3.63, 3.8) is 0 Å². The lowest BCUT2D eigenvalue weighted by Gasteiger charge is -2.40. The van der Waals surface area contributed by atoms with Gasteiger partial charge in [-0.15, -0.1) is 0 Å². The van der Waals surface area contributed by atoms with Crippen molar-refractivity contribution in [2.45, 2.75) is 50.9 Å². The Kier molecular flexibility index (Phi) is 7.32. The molecule has 5 rings (SSSR count). The first-order valence-corrected chi connectivity index (χ1v) is 13.1. The van der Waals surface area contributed by atoms with Gasteiger partial charge in [-0.05, 0) is 69.1 Å². The van der Waals surface area contributed by atoms with Crippen LogP contribution in [0.4, 0.5) is 0 Å². The van der Waals surface area contributed by atoms with Crippen molar-refractivity contribution in [2.75, 3.05) is 26.2 Å². The highest BCUT2D eigenvalue weighted by molar-refractivity contribution is 6.30. The summed E-state index contributed by atoms with van der Waals surface area (Å²) >= 11 is 6.00. The molecule has 3 heterocycles. The van der Waals surface area contributed by atoms with Crippen LogP contribution in [0.1, 0.15) is 49.5 Å². The Labute approximate surface area is 212 Å². The Hall–Kier alpha value is -2.54. The van der Waals surface area contributed by atoms with Crippen LogP contribution in [0.3, 0.4) is 0 Å². The van der Waals surface area contributed by atoms with Crippen LogP contribution in [0.2, 0.25) is 5.02 Å². The van der Waals surface area contributed by atoms with E-state index in [9.17, 15) is 9.90 Å². The maximum atomic E-state index is 13.5. The first kappa shape index (κ1) is 24.2. The molecule has 2 fully saturated rings. The van der Waals surface area contributed by atoms with Crippen molar-refractivity contribution in [2.24, 2.45) is 7.05 Å². The number of piperidine rings is 2. The van der Waals surface area contributed by atoms with Crippen LogP contribution < -0.4 is 4.74 Å². The largest absolute Gasteiger partial charge is 0.487 e. The quantitative estimate of drug-likeness (QED) is 0.527. The van der Waals surface area contributed by atoms with Gasteiger partial charge in [0.25, 0.3) is 5.91 Å². The number of carbonyl (C=O) groups is 1. The molecule has 1 atom stereocenters. The molecule has 186 valence electrons. The fourth-order valence-electron chi connectivity index (χ4n) is 5.67. The summed E-state index contributed by atoms with van der Waals surface area (Å²) in [4.78, 5) is 17.9. The highest BCUT2D eigenvalue weighted by Crippen LogP contribution is 2.33. The fourth-order valence-corrected chi connectivity index (χ4v) is 5.79. The number of aliphatic hydroxyl groups is 1. The summed E-state index contributed by atoms with van der Waals surface area (Å²) in [6, 6.07) is 15.6. The molecular weight excluding hydrogens is 462 g/mol. The van der Waals surface area contributed by atoms with Gasteiger partial charge in [0.05, 0.1) is 5.69 Å². The summed E-state index contributed by atoms with van der Waals surface area (Å²) in [7, 11) is 1.95. The normalized spacial score (nSPS) is 18.7. The third kappa shape index (κ3) is 5.06. The lowest BCUT2D eigenvalue weighted by molar-refractivity contribution is -0.142. The lowest BCUT2D eigenvalue weighted by atomic mass is 9.98. The van der Waals surface area contributed by atoms with Gasteiger partial charge in [0.1, 0.15) is 12.4 Å². The minimum Gasteiger partial charge on any atom is -0.487 e. The summed E-state index contributed by atoms with van der Waals surface area (Å²) in [5.41, 5.74) is 2.40. The highest BCUT2D eigenvalue weighted by Gasteiger charge is 2.33. The first-order valence-electron chi connectivity index (χ1n) is 12.7. The Bertz CT molecular complexity index is 1160. The number of carbonyl (C=O) groups excluding carboxylic acids is 1. The summed E-state index contributed by atoms with van der Waals surface area (Å²) < 4.78 is 8.05. The van der Waals surface area contributed by atoms with Crippen LogP contribution in [0.5, 0.6) is 5.75 Å². The standard InChI is InChI=1S/C28H34ClN3O3/c1-30-24-8-4-3-7-23(24)26(25(30)19-35-22-11-9-20(29)10-12-22)27(33)28(34)32-17-13-21(14-18-32)31-15-5-2-6-16-31/h3-4,7-12,21,27,33H,2,5-6,13-19H2,1H3. The second kappa shape index (κ2) is 10.6. The number of benzene rings is 2. The van der Waals surface area contributed by atoms with E-state index in [-0.39, 0.29) is 12.5 Å². The van der Waals surface area contributed by atoms with E-state index >= 15 is 0 Å². The number of ether oxygens (including phenoxy) is 1. The number of halogens is 1. The van der Waals surface area contributed by atoms with Gasteiger partial charge in [-0.3, -0.25) is 4.79 Å². The van der Waals surface area contributed by atoms with E-state index in [1.807, 2.05) is 52.9 Å². The topological polar surface area (TPSA) is 57.9 Å². The highest BCUT2D eigenvalue weighted by atomic mass is 35.5. The lowest BCUT2D eigenvalue weighted by Crippen LogP contribution is -2.49. The number of para-hydroxylation sites is 1. The van der Waals surface area contributed by atoms with Crippen molar-refractivity contribution in [1.29, 1.82) is 0 Å². The van der Waals surface area contributed by atoms with Gasteiger partial charge in [0.2, 0.25) is 0 Å². The zero-order valence-electron chi connectivity index (χ0n) is 20.3.